The molecule has 0 radical (unpaired) electrons. The van der Waals surface area contributed by atoms with E-state index in [1.54, 1.807) is 0 Å². The van der Waals surface area contributed by atoms with Crippen LogP contribution in [0.3, 0.4) is 0 Å². The van der Waals surface area contributed by atoms with E-state index >= 15 is 0 Å². The molecule has 0 bridgehead atoms. The molecule has 190 valence electrons. The van der Waals surface area contributed by atoms with Crippen molar-refractivity contribution < 1.29 is 19.1 Å². The highest BCUT2D eigenvalue weighted by Gasteiger charge is 2.37. The van der Waals surface area contributed by atoms with E-state index in [-0.39, 0.29) is 24.0 Å². The Labute approximate surface area is 210 Å². The minimum Gasteiger partial charge on any atom is -0.445 e. The fraction of sp³-hybridized carbons (Fsp3) is 0.533. The minimum atomic E-state index is -0.209. The predicted molar refractivity (Wildman–Crippen MR) is 139 cm³/mol. The summed E-state index contributed by atoms with van der Waals surface area (Å²) in [5, 5.41) is 0. The number of hydrogen-bond acceptors (Lipinski definition) is 4. The molecule has 2 aromatic rings. The van der Waals surface area contributed by atoms with E-state index in [1.807, 2.05) is 65.6 Å². The van der Waals surface area contributed by atoms with Crippen LogP contribution in [0.25, 0.3) is 0 Å². The summed E-state index contributed by atoms with van der Waals surface area (Å²) in [7, 11) is 0. The lowest BCUT2D eigenvalue weighted by atomic mass is 10.0. The van der Waals surface area contributed by atoms with Crippen LogP contribution in [0.1, 0.15) is 82.3 Å². The Morgan fingerprint density at radius 2 is 1.37 bits per heavy atom. The van der Waals surface area contributed by atoms with Crippen LogP contribution >= 0.6 is 0 Å². The standard InChI is InChI=1S/C30H41NO4/c1-2-3-16-27-20-21-28(31(27)30(33)35-24-26-14-8-5-9-15-26)17-10-18-29(32)19-11-22-34-23-25-12-6-4-7-13-25/h4-9,12-15,27-28H,2-3,10-11,16-24H2,1H3/t27-,28-/m1/s1. The van der Waals surface area contributed by atoms with Crippen LogP contribution in [0.2, 0.25) is 0 Å². The maximum absolute atomic E-state index is 13.0. The number of amides is 1. The maximum atomic E-state index is 13.0. The van der Waals surface area contributed by atoms with Crippen LogP contribution in [0.5, 0.6) is 0 Å². The molecule has 1 aliphatic rings. The molecule has 0 spiro atoms. The summed E-state index contributed by atoms with van der Waals surface area (Å²) in [4.78, 5) is 27.4. The molecule has 35 heavy (non-hydrogen) atoms. The SMILES string of the molecule is CCCC[C@@H]1CC[C@@H](CCCC(=O)CCCOCc2ccccc2)N1C(=O)OCc1ccccc1. The maximum Gasteiger partial charge on any atom is 0.410 e. The number of hydrogen-bond donors (Lipinski definition) is 0. The second-order valence-corrected chi connectivity index (χ2v) is 9.55. The molecule has 5 nitrogen and oxygen atoms in total. The highest BCUT2D eigenvalue weighted by Crippen LogP contribution is 2.31. The lowest BCUT2D eigenvalue weighted by molar-refractivity contribution is -0.119. The fourth-order valence-corrected chi connectivity index (χ4v) is 4.86. The van der Waals surface area contributed by atoms with Crippen LogP contribution in [0.4, 0.5) is 4.79 Å². The average Bonchev–Trinajstić information content (AvgIpc) is 3.29. The van der Waals surface area contributed by atoms with Crippen LogP contribution in [-0.4, -0.2) is 35.5 Å². The normalized spacial score (nSPS) is 17.5. The van der Waals surface area contributed by atoms with Gasteiger partial charge in [-0.25, -0.2) is 4.79 Å². The summed E-state index contributed by atoms with van der Waals surface area (Å²) in [6.45, 7) is 3.67. The highest BCUT2D eigenvalue weighted by molar-refractivity contribution is 5.78. The summed E-state index contributed by atoms with van der Waals surface area (Å²) >= 11 is 0. The van der Waals surface area contributed by atoms with Gasteiger partial charge in [-0.1, -0.05) is 80.4 Å². The lowest BCUT2D eigenvalue weighted by Gasteiger charge is -2.30. The molecule has 0 saturated carbocycles. The summed E-state index contributed by atoms with van der Waals surface area (Å²) in [6.07, 6.45) is 8.64. The van der Waals surface area contributed by atoms with Gasteiger partial charge in [0, 0.05) is 31.5 Å². The van der Waals surface area contributed by atoms with E-state index in [0.717, 1.165) is 62.5 Å². The Bertz CT molecular complexity index is 870. The number of nitrogens with zero attached hydrogens (tertiary/aromatic N) is 1. The molecule has 0 aliphatic carbocycles. The van der Waals surface area contributed by atoms with Gasteiger partial charge in [0.15, 0.2) is 0 Å². The van der Waals surface area contributed by atoms with Crippen molar-refractivity contribution in [1.29, 1.82) is 0 Å². The number of Topliss-reactive ketones (excluding diaryl/α,β-unsaturated/α-hetero) is 1. The molecule has 1 fully saturated rings. The van der Waals surface area contributed by atoms with Gasteiger partial charge in [-0.05, 0) is 49.7 Å². The molecule has 0 aromatic heterocycles. The number of benzene rings is 2. The van der Waals surface area contributed by atoms with E-state index in [0.29, 0.717) is 32.7 Å². The van der Waals surface area contributed by atoms with Crippen molar-refractivity contribution in [2.24, 2.45) is 0 Å². The monoisotopic (exact) mass is 479 g/mol. The largest absolute Gasteiger partial charge is 0.445 e. The number of rotatable bonds is 15. The predicted octanol–water partition coefficient (Wildman–Crippen LogP) is 7.08. The zero-order chi connectivity index (χ0) is 24.7. The number of likely N-dealkylation sites (tertiary alicyclic amines) is 1. The van der Waals surface area contributed by atoms with Crippen molar-refractivity contribution in [3.05, 3.63) is 71.8 Å². The first-order chi connectivity index (χ1) is 17.2. The number of unbranched alkanes of at least 4 members (excludes halogenated alkanes) is 1. The van der Waals surface area contributed by atoms with E-state index < -0.39 is 0 Å². The van der Waals surface area contributed by atoms with E-state index in [9.17, 15) is 9.59 Å². The van der Waals surface area contributed by atoms with Crippen molar-refractivity contribution in [2.75, 3.05) is 6.61 Å². The van der Waals surface area contributed by atoms with Crippen LogP contribution in [-0.2, 0) is 27.5 Å². The third-order valence-electron chi connectivity index (χ3n) is 6.78. The molecule has 1 saturated heterocycles. The minimum absolute atomic E-state index is 0.169. The van der Waals surface area contributed by atoms with Crippen LogP contribution < -0.4 is 0 Å². The molecule has 2 atom stereocenters. The quantitative estimate of drug-likeness (QED) is 0.256. The van der Waals surface area contributed by atoms with Gasteiger partial charge >= 0.3 is 6.09 Å². The number of carbonyl (C=O) groups excluding carboxylic acids is 2. The van der Waals surface area contributed by atoms with Gasteiger partial charge < -0.3 is 14.4 Å². The number of ether oxygens (including phenoxy) is 2. The Morgan fingerprint density at radius 3 is 2.00 bits per heavy atom. The Hall–Kier alpha value is -2.66. The molecular weight excluding hydrogens is 438 g/mol. The third-order valence-corrected chi connectivity index (χ3v) is 6.78. The van der Waals surface area contributed by atoms with Gasteiger partial charge in [0.05, 0.1) is 6.61 Å². The molecule has 0 N–H and O–H groups in total. The van der Waals surface area contributed by atoms with E-state index in [2.05, 4.69) is 6.92 Å². The molecule has 1 heterocycles. The lowest BCUT2D eigenvalue weighted by Crippen LogP contribution is -2.41. The van der Waals surface area contributed by atoms with Crippen LogP contribution in [0.15, 0.2) is 60.7 Å². The van der Waals surface area contributed by atoms with E-state index in [4.69, 9.17) is 9.47 Å². The summed E-state index contributed by atoms with van der Waals surface area (Å²) in [6, 6.07) is 20.3. The van der Waals surface area contributed by atoms with Crippen molar-refractivity contribution >= 4 is 11.9 Å². The summed E-state index contributed by atoms with van der Waals surface area (Å²) < 4.78 is 11.4. The molecule has 0 unspecified atom stereocenters. The van der Waals surface area contributed by atoms with Gasteiger partial charge in [-0.15, -0.1) is 0 Å². The highest BCUT2D eigenvalue weighted by atomic mass is 16.6. The van der Waals surface area contributed by atoms with Gasteiger partial charge in [0.2, 0.25) is 0 Å². The first kappa shape index (κ1) is 26.9. The Kier molecular flexibility index (Phi) is 11.8. The average molecular weight is 480 g/mol. The fourth-order valence-electron chi connectivity index (χ4n) is 4.86. The van der Waals surface area contributed by atoms with Crippen molar-refractivity contribution in [2.45, 2.75) is 96.4 Å². The second-order valence-electron chi connectivity index (χ2n) is 9.55. The van der Waals surface area contributed by atoms with Crippen molar-refractivity contribution in [1.82, 2.24) is 4.90 Å². The molecular formula is C30H41NO4. The second kappa shape index (κ2) is 15.4. The molecule has 5 heteroatoms. The Morgan fingerprint density at radius 1 is 0.800 bits per heavy atom. The summed E-state index contributed by atoms with van der Waals surface area (Å²) in [5.74, 6) is 0.284. The zero-order valence-electron chi connectivity index (χ0n) is 21.2. The first-order valence-corrected chi connectivity index (χ1v) is 13.3. The van der Waals surface area contributed by atoms with Crippen molar-refractivity contribution in [3.63, 3.8) is 0 Å². The van der Waals surface area contributed by atoms with Gasteiger partial charge in [-0.2, -0.15) is 0 Å². The zero-order valence-corrected chi connectivity index (χ0v) is 21.2. The van der Waals surface area contributed by atoms with Gasteiger partial charge in [0.25, 0.3) is 0 Å². The number of ketones is 1. The Balaban J connectivity index is 1.37. The topological polar surface area (TPSA) is 55.8 Å². The van der Waals surface area contributed by atoms with Gasteiger partial charge in [-0.3, -0.25) is 4.79 Å². The molecule has 3 rings (SSSR count). The number of carbonyl (C=O) groups is 2. The summed E-state index contributed by atoms with van der Waals surface area (Å²) in [5.41, 5.74) is 2.15. The van der Waals surface area contributed by atoms with Crippen molar-refractivity contribution in [3.8, 4) is 0 Å². The molecule has 2 aromatic carbocycles. The molecule has 1 amide bonds. The van der Waals surface area contributed by atoms with Gasteiger partial charge in [0.1, 0.15) is 12.4 Å². The molecule has 1 aliphatic heterocycles. The third kappa shape index (κ3) is 9.48. The first-order valence-electron chi connectivity index (χ1n) is 13.3. The van der Waals surface area contributed by atoms with Crippen LogP contribution in [0, 0.1) is 0 Å². The smallest absolute Gasteiger partial charge is 0.410 e. The van der Waals surface area contributed by atoms with E-state index in [1.165, 1.54) is 0 Å².